The molecule has 0 atom stereocenters. The second-order valence-corrected chi connectivity index (χ2v) is 3.87. The van der Waals surface area contributed by atoms with Crippen molar-refractivity contribution in [2.45, 2.75) is 26.7 Å². The summed E-state index contributed by atoms with van der Waals surface area (Å²) in [6.45, 7) is 6.29. The largest absolute Gasteiger partial charge is 0.155 e. The molecule has 0 saturated heterocycles. The van der Waals surface area contributed by atoms with Gasteiger partial charge < -0.3 is 0 Å². The van der Waals surface area contributed by atoms with Gasteiger partial charge in [0.2, 0.25) is 0 Å². The topological polar surface area (TPSA) is 25.8 Å². The summed E-state index contributed by atoms with van der Waals surface area (Å²) in [5.74, 6) is 0.424. The third-order valence-electron chi connectivity index (χ3n) is 2.45. The lowest BCUT2D eigenvalue weighted by molar-refractivity contribution is 0.792. The molecule has 0 amide bonds. The molecule has 0 bridgehead atoms. The Morgan fingerprint density at radius 1 is 1.00 bits per heavy atom. The summed E-state index contributed by atoms with van der Waals surface area (Å²) >= 11 is 0. The fourth-order valence-electron chi connectivity index (χ4n) is 1.69. The zero-order valence-electron chi connectivity index (χ0n) is 8.78. The second-order valence-electron chi connectivity index (χ2n) is 3.87. The summed E-state index contributed by atoms with van der Waals surface area (Å²) in [7, 11) is 0. The van der Waals surface area contributed by atoms with Crippen LogP contribution in [0.25, 0.3) is 10.8 Å². The van der Waals surface area contributed by atoms with Crippen molar-refractivity contribution in [2.75, 3.05) is 0 Å². The minimum Gasteiger partial charge on any atom is -0.155 e. The molecule has 2 rings (SSSR count). The van der Waals surface area contributed by atoms with Gasteiger partial charge in [-0.3, -0.25) is 0 Å². The van der Waals surface area contributed by atoms with Gasteiger partial charge in [0.05, 0.1) is 11.4 Å². The average Bonchev–Trinajstić information content (AvgIpc) is 2.18. The maximum Gasteiger partial charge on any atom is 0.0734 e. The number of rotatable bonds is 1. The van der Waals surface area contributed by atoms with Gasteiger partial charge in [0.25, 0.3) is 0 Å². The predicted octanol–water partition coefficient (Wildman–Crippen LogP) is 3.06. The van der Waals surface area contributed by atoms with Crippen LogP contribution in [0.3, 0.4) is 0 Å². The Hall–Kier alpha value is -1.44. The van der Waals surface area contributed by atoms with Gasteiger partial charge in [0, 0.05) is 10.8 Å². The lowest BCUT2D eigenvalue weighted by atomic mass is 10.0. The van der Waals surface area contributed by atoms with Crippen molar-refractivity contribution in [2.24, 2.45) is 0 Å². The molecule has 0 fully saturated rings. The van der Waals surface area contributed by atoms with E-state index < -0.39 is 0 Å². The molecule has 14 heavy (non-hydrogen) atoms. The standard InChI is InChI=1S/C12H14N2/c1-8(2)12-11-7-5-4-6-10(11)9(3)13-14-12/h4-8H,1-3H3. The number of aryl methyl sites for hydroxylation is 1. The Morgan fingerprint density at radius 2 is 1.64 bits per heavy atom. The molecular formula is C12H14N2. The van der Waals surface area contributed by atoms with Crippen LogP contribution in [-0.4, -0.2) is 10.2 Å². The summed E-state index contributed by atoms with van der Waals surface area (Å²) in [5, 5.41) is 10.9. The molecule has 0 spiro atoms. The van der Waals surface area contributed by atoms with E-state index in [2.05, 4.69) is 42.2 Å². The van der Waals surface area contributed by atoms with E-state index in [4.69, 9.17) is 0 Å². The van der Waals surface area contributed by atoms with Crippen LogP contribution in [0.2, 0.25) is 0 Å². The van der Waals surface area contributed by atoms with E-state index in [1.165, 1.54) is 10.8 Å². The summed E-state index contributed by atoms with van der Waals surface area (Å²) in [6.07, 6.45) is 0. The lowest BCUT2D eigenvalue weighted by Crippen LogP contribution is -1.99. The molecular weight excluding hydrogens is 172 g/mol. The lowest BCUT2D eigenvalue weighted by Gasteiger charge is -2.08. The van der Waals surface area contributed by atoms with Crippen molar-refractivity contribution in [3.05, 3.63) is 35.7 Å². The summed E-state index contributed by atoms with van der Waals surface area (Å²) < 4.78 is 0. The van der Waals surface area contributed by atoms with Crippen molar-refractivity contribution >= 4 is 10.8 Å². The van der Waals surface area contributed by atoms with Crippen molar-refractivity contribution < 1.29 is 0 Å². The highest BCUT2D eigenvalue weighted by Crippen LogP contribution is 2.23. The molecule has 2 aromatic rings. The number of hydrogen-bond donors (Lipinski definition) is 0. The zero-order valence-corrected chi connectivity index (χ0v) is 8.78. The van der Waals surface area contributed by atoms with E-state index in [0.717, 1.165) is 11.4 Å². The highest BCUT2D eigenvalue weighted by molar-refractivity contribution is 5.86. The monoisotopic (exact) mass is 186 g/mol. The third kappa shape index (κ3) is 1.37. The first-order valence-electron chi connectivity index (χ1n) is 4.92. The first kappa shape index (κ1) is 9.13. The Bertz CT molecular complexity index is 461. The van der Waals surface area contributed by atoms with Crippen molar-refractivity contribution in [1.82, 2.24) is 10.2 Å². The van der Waals surface area contributed by atoms with E-state index in [1.807, 2.05) is 13.0 Å². The number of aromatic nitrogens is 2. The fourth-order valence-corrected chi connectivity index (χ4v) is 1.69. The van der Waals surface area contributed by atoms with Crippen LogP contribution < -0.4 is 0 Å². The molecule has 0 aliphatic heterocycles. The molecule has 0 saturated carbocycles. The van der Waals surface area contributed by atoms with Crippen molar-refractivity contribution in [3.63, 3.8) is 0 Å². The quantitative estimate of drug-likeness (QED) is 0.684. The van der Waals surface area contributed by atoms with Crippen LogP contribution >= 0.6 is 0 Å². The van der Waals surface area contributed by atoms with Crippen LogP contribution in [0.1, 0.15) is 31.2 Å². The van der Waals surface area contributed by atoms with Gasteiger partial charge in [-0.25, -0.2) is 0 Å². The van der Waals surface area contributed by atoms with Gasteiger partial charge in [-0.15, -0.1) is 0 Å². The molecule has 0 radical (unpaired) electrons. The fraction of sp³-hybridized carbons (Fsp3) is 0.333. The molecule has 1 aromatic heterocycles. The zero-order chi connectivity index (χ0) is 10.1. The van der Waals surface area contributed by atoms with Gasteiger partial charge in [0.15, 0.2) is 0 Å². The van der Waals surface area contributed by atoms with E-state index in [9.17, 15) is 0 Å². The first-order valence-corrected chi connectivity index (χ1v) is 4.92. The minimum absolute atomic E-state index is 0.424. The Kier molecular flexibility index (Phi) is 2.20. The highest BCUT2D eigenvalue weighted by atomic mass is 15.1. The number of benzene rings is 1. The van der Waals surface area contributed by atoms with Gasteiger partial charge in [-0.2, -0.15) is 10.2 Å². The van der Waals surface area contributed by atoms with Crippen molar-refractivity contribution in [1.29, 1.82) is 0 Å². The average molecular weight is 186 g/mol. The molecule has 72 valence electrons. The molecule has 0 aliphatic rings. The van der Waals surface area contributed by atoms with E-state index >= 15 is 0 Å². The molecule has 0 aliphatic carbocycles. The van der Waals surface area contributed by atoms with Crippen LogP contribution in [0.4, 0.5) is 0 Å². The predicted molar refractivity (Wildman–Crippen MR) is 58.4 cm³/mol. The first-order chi connectivity index (χ1) is 6.70. The highest BCUT2D eigenvalue weighted by Gasteiger charge is 2.08. The smallest absolute Gasteiger partial charge is 0.0734 e. The Balaban J connectivity index is 2.82. The SMILES string of the molecule is Cc1nnc(C(C)C)c2ccccc12. The van der Waals surface area contributed by atoms with E-state index in [-0.39, 0.29) is 0 Å². The maximum atomic E-state index is 4.26. The van der Waals surface area contributed by atoms with Crippen LogP contribution in [-0.2, 0) is 0 Å². The molecule has 1 heterocycles. The second kappa shape index (κ2) is 3.37. The summed E-state index contributed by atoms with van der Waals surface area (Å²) in [6, 6.07) is 8.31. The molecule has 0 N–H and O–H groups in total. The van der Waals surface area contributed by atoms with Crippen LogP contribution in [0, 0.1) is 6.92 Å². The van der Waals surface area contributed by atoms with E-state index in [0.29, 0.717) is 5.92 Å². The van der Waals surface area contributed by atoms with Gasteiger partial charge in [-0.1, -0.05) is 38.1 Å². The summed E-state index contributed by atoms with van der Waals surface area (Å²) in [4.78, 5) is 0. The number of nitrogens with zero attached hydrogens (tertiary/aromatic N) is 2. The van der Waals surface area contributed by atoms with Gasteiger partial charge >= 0.3 is 0 Å². The number of hydrogen-bond acceptors (Lipinski definition) is 2. The summed E-state index contributed by atoms with van der Waals surface area (Å²) in [5.41, 5.74) is 2.09. The van der Waals surface area contributed by atoms with Crippen molar-refractivity contribution in [3.8, 4) is 0 Å². The van der Waals surface area contributed by atoms with E-state index in [1.54, 1.807) is 0 Å². The third-order valence-corrected chi connectivity index (χ3v) is 2.45. The Morgan fingerprint density at radius 3 is 2.29 bits per heavy atom. The normalized spacial score (nSPS) is 11.1. The van der Waals surface area contributed by atoms with Gasteiger partial charge in [-0.05, 0) is 12.8 Å². The molecule has 0 unspecified atom stereocenters. The number of fused-ring (bicyclic) bond motifs is 1. The maximum absolute atomic E-state index is 4.26. The molecule has 2 heteroatoms. The van der Waals surface area contributed by atoms with Gasteiger partial charge in [0.1, 0.15) is 0 Å². The van der Waals surface area contributed by atoms with Crippen LogP contribution in [0.5, 0.6) is 0 Å². The molecule has 2 nitrogen and oxygen atoms in total. The molecule has 1 aromatic carbocycles. The Labute approximate surface area is 84.0 Å². The van der Waals surface area contributed by atoms with Crippen LogP contribution in [0.15, 0.2) is 24.3 Å². The minimum atomic E-state index is 0.424.